The molecular formula is C32H53N3O6. The first-order chi connectivity index (χ1) is 19.4. The van der Waals surface area contributed by atoms with Gasteiger partial charge in [0.15, 0.2) is 0 Å². The zero-order valence-corrected chi connectivity index (χ0v) is 26.3. The van der Waals surface area contributed by atoms with Crippen LogP contribution in [-0.2, 0) is 28.7 Å². The van der Waals surface area contributed by atoms with Crippen molar-refractivity contribution in [1.82, 2.24) is 15.1 Å². The summed E-state index contributed by atoms with van der Waals surface area (Å²) in [5, 5.41) is 2.93. The second kappa shape index (κ2) is 14.7. The lowest BCUT2D eigenvalue weighted by Gasteiger charge is -2.53. The van der Waals surface area contributed by atoms with Crippen LogP contribution in [0.4, 0.5) is 0 Å². The molecule has 0 aromatic heterocycles. The minimum Gasteiger partial charge on any atom is -0.468 e. The van der Waals surface area contributed by atoms with Crippen molar-refractivity contribution in [2.45, 2.75) is 117 Å². The van der Waals surface area contributed by atoms with Crippen molar-refractivity contribution in [3.8, 4) is 0 Å². The highest BCUT2D eigenvalue weighted by atomic mass is 16.5. The molecule has 0 unspecified atom stereocenters. The number of hydrogen-bond donors (Lipinski definition) is 1. The number of rotatable bonds is 14. The van der Waals surface area contributed by atoms with Gasteiger partial charge in [-0.3, -0.25) is 19.2 Å². The van der Waals surface area contributed by atoms with E-state index in [1.165, 1.54) is 26.4 Å². The Morgan fingerprint density at radius 2 is 1.80 bits per heavy atom. The third-order valence-electron chi connectivity index (χ3n) is 8.95. The van der Waals surface area contributed by atoms with Gasteiger partial charge in [0.05, 0.1) is 19.3 Å². The van der Waals surface area contributed by atoms with Gasteiger partial charge >= 0.3 is 5.97 Å². The van der Waals surface area contributed by atoms with E-state index in [0.717, 1.165) is 32.2 Å². The van der Waals surface area contributed by atoms with Gasteiger partial charge in [-0.05, 0) is 44.1 Å². The number of carbonyl (C=O) groups is 4. The average molecular weight is 576 g/mol. The predicted octanol–water partition coefficient (Wildman–Crippen LogP) is 4.59. The van der Waals surface area contributed by atoms with Crippen LogP contribution in [0.15, 0.2) is 11.8 Å². The molecule has 3 rings (SSSR count). The normalized spacial score (nSPS) is 26.6. The van der Waals surface area contributed by atoms with E-state index in [1.54, 1.807) is 4.90 Å². The third-order valence-corrected chi connectivity index (χ3v) is 8.95. The van der Waals surface area contributed by atoms with E-state index in [0.29, 0.717) is 38.2 Å². The van der Waals surface area contributed by atoms with Gasteiger partial charge in [0.25, 0.3) is 0 Å². The molecule has 0 aliphatic carbocycles. The second-order valence-electron chi connectivity index (χ2n) is 13.1. The fourth-order valence-corrected chi connectivity index (χ4v) is 6.46. The lowest BCUT2D eigenvalue weighted by Crippen LogP contribution is -2.61. The molecule has 0 radical (unpaired) electrons. The molecule has 41 heavy (non-hydrogen) atoms. The Labute approximate surface area is 246 Å². The van der Waals surface area contributed by atoms with Crippen molar-refractivity contribution in [2.75, 3.05) is 33.3 Å². The number of fused-ring (bicyclic) bond motifs is 1. The van der Waals surface area contributed by atoms with E-state index in [2.05, 4.69) is 33.0 Å². The number of amides is 3. The number of nitrogens with zero attached hydrogens (tertiary/aromatic N) is 2. The Kier molecular flexibility index (Phi) is 11.8. The molecule has 0 saturated carbocycles. The van der Waals surface area contributed by atoms with Crippen molar-refractivity contribution in [3.63, 3.8) is 0 Å². The monoisotopic (exact) mass is 575 g/mol. The van der Waals surface area contributed by atoms with Crippen LogP contribution in [0.25, 0.3) is 0 Å². The van der Waals surface area contributed by atoms with E-state index < -0.39 is 23.4 Å². The Balaban J connectivity index is 1.79. The number of likely N-dealkylation sites (tertiary alicyclic amines) is 2. The highest BCUT2D eigenvalue weighted by Gasteiger charge is 2.60. The Bertz CT molecular complexity index is 973. The summed E-state index contributed by atoms with van der Waals surface area (Å²) in [7, 11) is 1.37. The zero-order valence-electron chi connectivity index (χ0n) is 26.3. The number of esters is 1. The Morgan fingerprint density at radius 1 is 1.10 bits per heavy atom. The molecule has 0 aromatic carbocycles. The topological polar surface area (TPSA) is 105 Å². The number of unbranched alkanes of at least 4 members (excludes halogenated alkanes) is 5. The van der Waals surface area contributed by atoms with Gasteiger partial charge < -0.3 is 24.6 Å². The van der Waals surface area contributed by atoms with Gasteiger partial charge in [-0.15, -0.1) is 0 Å². The highest BCUT2D eigenvalue weighted by Crippen LogP contribution is 2.51. The summed E-state index contributed by atoms with van der Waals surface area (Å²) in [5.74, 6) is -1.25. The number of carbonyl (C=O) groups excluding carboxylic acids is 4. The lowest BCUT2D eigenvalue weighted by atomic mass is 9.65. The van der Waals surface area contributed by atoms with Crippen molar-refractivity contribution in [3.05, 3.63) is 11.8 Å². The molecule has 9 nitrogen and oxygen atoms in total. The first kappa shape index (κ1) is 33.1. The summed E-state index contributed by atoms with van der Waals surface area (Å²) in [4.78, 5) is 56.1. The summed E-state index contributed by atoms with van der Waals surface area (Å²) in [6.45, 7) is 12.7. The maximum absolute atomic E-state index is 14.0. The lowest BCUT2D eigenvalue weighted by molar-refractivity contribution is -0.180. The Hall–Kier alpha value is -2.42. The average Bonchev–Trinajstić information content (AvgIpc) is 3.33. The molecule has 3 aliphatic heterocycles. The van der Waals surface area contributed by atoms with Gasteiger partial charge in [-0.25, -0.2) is 0 Å². The quantitative estimate of drug-likeness (QED) is 0.240. The van der Waals surface area contributed by atoms with Crippen LogP contribution < -0.4 is 5.32 Å². The summed E-state index contributed by atoms with van der Waals surface area (Å²) in [6.07, 6.45) is 9.97. The first-order valence-electron chi connectivity index (χ1n) is 15.8. The molecule has 0 aromatic rings. The van der Waals surface area contributed by atoms with E-state index >= 15 is 0 Å². The summed E-state index contributed by atoms with van der Waals surface area (Å²) in [6, 6.07) is 0. The minimum atomic E-state index is -1.16. The zero-order chi connectivity index (χ0) is 30.2. The van der Waals surface area contributed by atoms with Crippen molar-refractivity contribution in [2.24, 2.45) is 16.7 Å². The molecule has 3 aliphatic rings. The van der Waals surface area contributed by atoms with Gasteiger partial charge in [-0.1, -0.05) is 59.8 Å². The molecular weight excluding hydrogens is 522 g/mol. The fourth-order valence-electron chi connectivity index (χ4n) is 6.46. The predicted molar refractivity (Wildman–Crippen MR) is 158 cm³/mol. The number of hydrogen-bond acceptors (Lipinski definition) is 6. The largest absolute Gasteiger partial charge is 0.468 e. The van der Waals surface area contributed by atoms with E-state index in [4.69, 9.17) is 9.47 Å². The van der Waals surface area contributed by atoms with Gasteiger partial charge in [-0.2, -0.15) is 0 Å². The maximum atomic E-state index is 14.0. The maximum Gasteiger partial charge on any atom is 0.320 e. The molecule has 0 bridgehead atoms. The van der Waals surface area contributed by atoms with Crippen LogP contribution in [0.2, 0.25) is 0 Å². The third kappa shape index (κ3) is 7.90. The van der Waals surface area contributed by atoms with Crippen LogP contribution in [0.3, 0.4) is 0 Å². The molecule has 3 amide bonds. The van der Waals surface area contributed by atoms with Crippen molar-refractivity contribution >= 4 is 23.7 Å². The van der Waals surface area contributed by atoms with Crippen LogP contribution in [0.1, 0.15) is 105 Å². The molecule has 0 spiro atoms. The number of nitrogens with one attached hydrogen (secondary N) is 1. The molecule has 4 atom stereocenters. The molecule has 1 N–H and O–H groups in total. The van der Waals surface area contributed by atoms with E-state index in [-0.39, 0.29) is 42.1 Å². The van der Waals surface area contributed by atoms with Crippen molar-refractivity contribution in [1.29, 1.82) is 0 Å². The fraction of sp³-hybridized carbons (Fsp3) is 0.812. The van der Waals surface area contributed by atoms with Crippen LogP contribution in [0, 0.1) is 16.7 Å². The Morgan fingerprint density at radius 3 is 2.44 bits per heavy atom. The smallest absolute Gasteiger partial charge is 0.320 e. The molecule has 2 saturated heterocycles. The SMILES string of the molecule is CCCCCCCCN1C(=O)[C@@H](CC(=O)NCCCN2CCCC2=O)C[C@@]2(C(=O)OC)C1=C[C@H](C(C)(C)C)O[C@@H]2C. The highest BCUT2D eigenvalue weighted by molar-refractivity contribution is 5.92. The van der Waals surface area contributed by atoms with E-state index in [9.17, 15) is 19.2 Å². The number of piperidine rings is 1. The minimum absolute atomic E-state index is 0.00405. The van der Waals surface area contributed by atoms with E-state index in [1.807, 2.05) is 17.9 Å². The second-order valence-corrected chi connectivity index (χ2v) is 13.1. The summed E-state index contributed by atoms with van der Waals surface area (Å²) < 4.78 is 11.8. The van der Waals surface area contributed by atoms with Gasteiger partial charge in [0.2, 0.25) is 17.7 Å². The number of methoxy groups -OCH3 is 1. The van der Waals surface area contributed by atoms with Crippen LogP contribution >= 0.6 is 0 Å². The summed E-state index contributed by atoms with van der Waals surface area (Å²) in [5.41, 5.74) is -0.712. The molecule has 232 valence electrons. The van der Waals surface area contributed by atoms with Crippen LogP contribution in [-0.4, -0.2) is 79.0 Å². The first-order valence-corrected chi connectivity index (χ1v) is 15.8. The van der Waals surface area contributed by atoms with Crippen LogP contribution in [0.5, 0.6) is 0 Å². The molecule has 9 heteroatoms. The summed E-state index contributed by atoms with van der Waals surface area (Å²) >= 11 is 0. The van der Waals surface area contributed by atoms with Crippen molar-refractivity contribution < 1.29 is 28.7 Å². The van der Waals surface area contributed by atoms with Gasteiger partial charge in [0.1, 0.15) is 5.41 Å². The molecule has 3 heterocycles. The standard InChI is InChI=1S/C32H53N3O6/c1-7-8-9-10-11-12-19-35-25-21-26(31(3,4)5)41-23(2)32(25,30(39)40-6)22-24(29(35)38)20-27(36)33-16-14-18-34-17-13-15-28(34)37/h21,23-24,26H,7-20,22H2,1-6H3,(H,33,36)/t23-,24+,26-,32+/m1/s1. The number of ether oxygens (including phenoxy) is 2. The van der Waals surface area contributed by atoms with Gasteiger partial charge in [0, 0.05) is 50.6 Å². The molecule has 2 fully saturated rings.